The maximum Gasteiger partial charge on any atom is 0.249 e. The Labute approximate surface area is 129 Å². The summed E-state index contributed by atoms with van der Waals surface area (Å²) in [5, 5.41) is 7.17. The number of fused-ring (bicyclic) bond motifs is 1. The van der Waals surface area contributed by atoms with Crippen LogP contribution in [0.3, 0.4) is 0 Å². The average molecular weight is 310 g/mol. The molecule has 3 heterocycles. The molecule has 3 atom stereocenters. The number of carbonyl (C=O) groups is 1. The van der Waals surface area contributed by atoms with Crippen LogP contribution in [0.5, 0.6) is 0 Å². The summed E-state index contributed by atoms with van der Waals surface area (Å²) < 4.78 is 10.9. The van der Waals surface area contributed by atoms with Crippen molar-refractivity contribution in [2.24, 2.45) is 0 Å². The van der Waals surface area contributed by atoms with E-state index >= 15 is 0 Å². The maximum absolute atomic E-state index is 12.1. The van der Waals surface area contributed by atoms with Crippen LogP contribution in [-0.4, -0.2) is 55.9 Å². The molecule has 0 aromatic carbocycles. The minimum absolute atomic E-state index is 0.00284. The molecule has 3 rings (SSSR count). The van der Waals surface area contributed by atoms with Crippen LogP contribution in [0, 0.1) is 0 Å². The summed E-state index contributed by atoms with van der Waals surface area (Å²) in [6.45, 7) is 3.11. The standard InChI is InChI=1S/C15H22N2O3S/c1-19-6-4-16-15(18)14-8-12-13(20-14)2-5-17(12)9-11-3-7-21-10-11/h3,7,10,12-14H,2,4-6,8-9H2,1H3,(H,16,18)/t12-,13-,14-/m0/s1. The highest BCUT2D eigenvalue weighted by molar-refractivity contribution is 7.07. The van der Waals surface area contributed by atoms with E-state index in [0.717, 1.165) is 25.9 Å². The van der Waals surface area contributed by atoms with Crippen LogP contribution in [0.4, 0.5) is 0 Å². The molecule has 0 unspecified atom stereocenters. The molecule has 1 aromatic rings. The number of amides is 1. The van der Waals surface area contributed by atoms with Crippen LogP contribution < -0.4 is 5.32 Å². The zero-order valence-electron chi connectivity index (χ0n) is 12.3. The number of ether oxygens (including phenoxy) is 2. The van der Waals surface area contributed by atoms with Gasteiger partial charge in [-0.3, -0.25) is 9.69 Å². The lowest BCUT2D eigenvalue weighted by Gasteiger charge is -2.22. The number of methoxy groups -OCH3 is 1. The molecule has 0 saturated carbocycles. The summed E-state index contributed by atoms with van der Waals surface area (Å²) in [5.74, 6) is -0.00284. The first kappa shape index (κ1) is 15.0. The normalized spacial score (nSPS) is 28.7. The fourth-order valence-corrected chi connectivity index (χ4v) is 3.86. The van der Waals surface area contributed by atoms with Gasteiger partial charge >= 0.3 is 0 Å². The molecule has 0 aliphatic carbocycles. The average Bonchev–Trinajstić information content (AvgIpc) is 3.18. The molecule has 6 heteroatoms. The summed E-state index contributed by atoms with van der Waals surface area (Å²) in [5.41, 5.74) is 1.36. The monoisotopic (exact) mass is 310 g/mol. The van der Waals surface area contributed by atoms with Gasteiger partial charge in [-0.05, 0) is 28.8 Å². The van der Waals surface area contributed by atoms with Gasteiger partial charge in [0, 0.05) is 39.2 Å². The molecule has 2 aliphatic rings. The van der Waals surface area contributed by atoms with Gasteiger partial charge in [-0.15, -0.1) is 0 Å². The van der Waals surface area contributed by atoms with Gasteiger partial charge in [0.05, 0.1) is 12.7 Å². The fraction of sp³-hybridized carbons (Fsp3) is 0.667. The predicted octanol–water partition coefficient (Wildman–Crippen LogP) is 1.24. The minimum atomic E-state index is -0.304. The van der Waals surface area contributed by atoms with Crippen molar-refractivity contribution in [3.63, 3.8) is 0 Å². The third-order valence-electron chi connectivity index (χ3n) is 4.26. The second kappa shape index (κ2) is 6.87. The maximum atomic E-state index is 12.1. The molecule has 0 radical (unpaired) electrons. The van der Waals surface area contributed by atoms with Crippen molar-refractivity contribution >= 4 is 17.2 Å². The summed E-state index contributed by atoms with van der Waals surface area (Å²) in [6, 6.07) is 2.55. The first-order valence-corrected chi connectivity index (χ1v) is 8.39. The molecule has 21 heavy (non-hydrogen) atoms. The van der Waals surface area contributed by atoms with E-state index in [1.807, 2.05) is 0 Å². The van der Waals surface area contributed by atoms with Gasteiger partial charge < -0.3 is 14.8 Å². The van der Waals surface area contributed by atoms with E-state index in [9.17, 15) is 4.79 Å². The highest BCUT2D eigenvalue weighted by atomic mass is 32.1. The molecule has 1 aromatic heterocycles. The van der Waals surface area contributed by atoms with Crippen LogP contribution in [0.1, 0.15) is 18.4 Å². The lowest BCUT2D eigenvalue weighted by atomic mass is 10.1. The van der Waals surface area contributed by atoms with Crippen molar-refractivity contribution in [2.75, 3.05) is 26.8 Å². The zero-order valence-corrected chi connectivity index (χ0v) is 13.1. The van der Waals surface area contributed by atoms with Crippen molar-refractivity contribution < 1.29 is 14.3 Å². The molecule has 2 aliphatic heterocycles. The number of carbonyl (C=O) groups excluding carboxylic acids is 1. The van der Waals surface area contributed by atoms with E-state index in [-0.39, 0.29) is 18.1 Å². The van der Waals surface area contributed by atoms with Gasteiger partial charge in [0.25, 0.3) is 0 Å². The van der Waals surface area contributed by atoms with Crippen molar-refractivity contribution in [1.82, 2.24) is 10.2 Å². The Morgan fingerprint density at radius 1 is 1.62 bits per heavy atom. The van der Waals surface area contributed by atoms with E-state index in [0.29, 0.717) is 19.2 Å². The highest BCUT2D eigenvalue weighted by Crippen LogP contribution is 2.34. The first-order chi connectivity index (χ1) is 10.3. The highest BCUT2D eigenvalue weighted by Gasteiger charge is 2.45. The van der Waals surface area contributed by atoms with Crippen molar-refractivity contribution in [3.05, 3.63) is 22.4 Å². The van der Waals surface area contributed by atoms with E-state index < -0.39 is 0 Å². The number of nitrogens with zero attached hydrogens (tertiary/aromatic N) is 1. The van der Waals surface area contributed by atoms with E-state index in [2.05, 4.69) is 27.0 Å². The number of thiophene rings is 1. The number of rotatable bonds is 6. The van der Waals surface area contributed by atoms with Gasteiger partial charge in [-0.25, -0.2) is 0 Å². The summed E-state index contributed by atoms with van der Waals surface area (Å²) in [4.78, 5) is 14.5. The SMILES string of the molecule is COCCNC(=O)[C@@H]1C[C@H]2[C@H](CCN2Cc2ccsc2)O1. The molecule has 1 N–H and O–H groups in total. The predicted molar refractivity (Wildman–Crippen MR) is 81.3 cm³/mol. The zero-order chi connectivity index (χ0) is 14.7. The van der Waals surface area contributed by atoms with Gasteiger partial charge in [-0.1, -0.05) is 0 Å². The van der Waals surface area contributed by atoms with E-state index in [1.54, 1.807) is 18.4 Å². The van der Waals surface area contributed by atoms with Crippen molar-refractivity contribution in [1.29, 1.82) is 0 Å². The van der Waals surface area contributed by atoms with Gasteiger partial charge in [0.2, 0.25) is 5.91 Å². The van der Waals surface area contributed by atoms with Gasteiger partial charge in [0.15, 0.2) is 0 Å². The molecule has 116 valence electrons. The Morgan fingerprint density at radius 3 is 3.29 bits per heavy atom. The Morgan fingerprint density at radius 2 is 2.52 bits per heavy atom. The Bertz CT molecular complexity index is 465. The van der Waals surface area contributed by atoms with Gasteiger partial charge in [-0.2, -0.15) is 11.3 Å². The minimum Gasteiger partial charge on any atom is -0.383 e. The van der Waals surface area contributed by atoms with Crippen LogP contribution in [0.15, 0.2) is 16.8 Å². The topological polar surface area (TPSA) is 50.8 Å². The summed E-state index contributed by atoms with van der Waals surface area (Å²) in [7, 11) is 1.63. The quantitative estimate of drug-likeness (QED) is 0.803. The number of hydrogen-bond donors (Lipinski definition) is 1. The molecule has 0 bridgehead atoms. The lowest BCUT2D eigenvalue weighted by Crippen LogP contribution is -2.37. The Kier molecular flexibility index (Phi) is 4.90. The number of hydrogen-bond acceptors (Lipinski definition) is 5. The second-order valence-electron chi connectivity index (χ2n) is 5.64. The Balaban J connectivity index is 1.52. The van der Waals surface area contributed by atoms with E-state index in [4.69, 9.17) is 9.47 Å². The largest absolute Gasteiger partial charge is 0.383 e. The molecular weight excluding hydrogens is 288 g/mol. The lowest BCUT2D eigenvalue weighted by molar-refractivity contribution is -0.132. The van der Waals surface area contributed by atoms with Crippen LogP contribution in [-0.2, 0) is 20.8 Å². The van der Waals surface area contributed by atoms with Crippen LogP contribution in [0.25, 0.3) is 0 Å². The second-order valence-corrected chi connectivity index (χ2v) is 6.42. The third-order valence-corrected chi connectivity index (χ3v) is 4.99. The molecule has 2 saturated heterocycles. The molecule has 5 nitrogen and oxygen atoms in total. The Hall–Kier alpha value is -0.950. The summed E-state index contributed by atoms with van der Waals surface area (Å²) >= 11 is 1.73. The number of nitrogens with one attached hydrogen (secondary N) is 1. The first-order valence-electron chi connectivity index (χ1n) is 7.45. The van der Waals surface area contributed by atoms with E-state index in [1.165, 1.54) is 5.56 Å². The van der Waals surface area contributed by atoms with Crippen LogP contribution in [0.2, 0.25) is 0 Å². The summed E-state index contributed by atoms with van der Waals surface area (Å²) in [6.07, 6.45) is 1.73. The molecule has 0 spiro atoms. The van der Waals surface area contributed by atoms with Crippen LogP contribution >= 0.6 is 11.3 Å². The molecular formula is C15H22N2O3S. The molecule has 1 amide bonds. The molecule has 2 fully saturated rings. The van der Waals surface area contributed by atoms with Crippen molar-refractivity contribution in [3.8, 4) is 0 Å². The fourth-order valence-electron chi connectivity index (χ4n) is 3.20. The van der Waals surface area contributed by atoms with Gasteiger partial charge in [0.1, 0.15) is 6.10 Å². The third kappa shape index (κ3) is 3.45. The number of likely N-dealkylation sites (tertiary alicyclic amines) is 1. The van der Waals surface area contributed by atoms with Crippen molar-refractivity contribution in [2.45, 2.75) is 37.6 Å². The smallest absolute Gasteiger partial charge is 0.249 e.